The van der Waals surface area contributed by atoms with Crippen LogP contribution in [0.2, 0.25) is 0 Å². The summed E-state index contributed by atoms with van der Waals surface area (Å²) in [7, 11) is 0. The van der Waals surface area contributed by atoms with Crippen molar-refractivity contribution in [2.24, 2.45) is 10.4 Å². The molecular formula is C18H32IN3O3. The number of rotatable bonds is 9. The van der Waals surface area contributed by atoms with Gasteiger partial charge in [0.1, 0.15) is 5.76 Å². The van der Waals surface area contributed by atoms with Gasteiger partial charge in [0.25, 0.3) is 0 Å². The number of nitrogens with zero attached hydrogens (tertiary/aromatic N) is 1. The topological polar surface area (TPSA) is 79.0 Å². The van der Waals surface area contributed by atoms with Gasteiger partial charge in [-0.1, -0.05) is 6.92 Å². The Morgan fingerprint density at radius 1 is 1.48 bits per heavy atom. The van der Waals surface area contributed by atoms with Crippen LogP contribution in [0.3, 0.4) is 0 Å². The van der Waals surface area contributed by atoms with Crippen LogP contribution in [-0.4, -0.2) is 50.0 Å². The third kappa shape index (κ3) is 7.53. The quantitative estimate of drug-likeness (QED) is 0.297. The second-order valence-electron chi connectivity index (χ2n) is 6.65. The van der Waals surface area contributed by atoms with Crippen molar-refractivity contribution in [3.05, 3.63) is 24.2 Å². The molecule has 6 nitrogen and oxygen atoms in total. The van der Waals surface area contributed by atoms with Gasteiger partial charge in [0, 0.05) is 37.6 Å². The Kier molecular flexibility index (Phi) is 10.4. The van der Waals surface area contributed by atoms with Crippen LogP contribution in [-0.2, 0) is 11.2 Å². The minimum Gasteiger partial charge on any atom is -0.469 e. The van der Waals surface area contributed by atoms with E-state index in [1.165, 1.54) is 0 Å². The molecule has 0 amide bonds. The SMILES string of the molecule is CCC(C)NC(=NCC1(CCO)CCOC1)NCCc1ccco1.I. The molecule has 1 saturated heterocycles. The lowest BCUT2D eigenvalue weighted by atomic mass is 9.84. The summed E-state index contributed by atoms with van der Waals surface area (Å²) in [6, 6.07) is 4.24. The highest BCUT2D eigenvalue weighted by Crippen LogP contribution is 2.32. The van der Waals surface area contributed by atoms with Crippen molar-refractivity contribution in [2.75, 3.05) is 32.9 Å². The number of aliphatic hydroxyl groups excluding tert-OH is 1. The summed E-state index contributed by atoms with van der Waals surface area (Å²) in [6.45, 7) is 7.34. The summed E-state index contributed by atoms with van der Waals surface area (Å²) in [6.07, 6.45) is 5.24. The van der Waals surface area contributed by atoms with Crippen molar-refractivity contribution in [3.63, 3.8) is 0 Å². The second kappa shape index (κ2) is 11.7. The summed E-state index contributed by atoms with van der Waals surface area (Å²) in [5.74, 6) is 1.78. The maximum absolute atomic E-state index is 9.34. The van der Waals surface area contributed by atoms with E-state index in [1.807, 2.05) is 12.1 Å². The third-order valence-electron chi connectivity index (χ3n) is 4.64. The molecule has 0 spiro atoms. The highest BCUT2D eigenvalue weighted by molar-refractivity contribution is 14.0. The summed E-state index contributed by atoms with van der Waals surface area (Å²) in [5.41, 5.74) is -0.0280. The van der Waals surface area contributed by atoms with E-state index in [9.17, 15) is 5.11 Å². The van der Waals surface area contributed by atoms with Gasteiger partial charge in [-0.3, -0.25) is 4.99 Å². The molecule has 1 aliphatic rings. The third-order valence-corrected chi connectivity index (χ3v) is 4.64. The molecule has 7 heteroatoms. The second-order valence-corrected chi connectivity index (χ2v) is 6.65. The minimum atomic E-state index is -0.0280. The lowest BCUT2D eigenvalue weighted by molar-refractivity contribution is 0.131. The van der Waals surface area contributed by atoms with Crippen LogP contribution < -0.4 is 10.6 Å². The zero-order chi connectivity index (χ0) is 17.3. The van der Waals surface area contributed by atoms with E-state index in [0.717, 1.165) is 50.6 Å². The number of hydrogen-bond donors (Lipinski definition) is 3. The van der Waals surface area contributed by atoms with Crippen LogP contribution in [0.15, 0.2) is 27.8 Å². The first-order chi connectivity index (χ1) is 11.7. The monoisotopic (exact) mass is 465 g/mol. The molecule has 0 radical (unpaired) electrons. The number of hydrogen-bond acceptors (Lipinski definition) is 4. The Morgan fingerprint density at radius 2 is 2.32 bits per heavy atom. The predicted molar refractivity (Wildman–Crippen MR) is 111 cm³/mol. The number of nitrogens with one attached hydrogen (secondary N) is 2. The van der Waals surface area contributed by atoms with E-state index < -0.39 is 0 Å². The smallest absolute Gasteiger partial charge is 0.191 e. The Labute approximate surface area is 167 Å². The number of aliphatic imine (C=N–C) groups is 1. The molecule has 3 N–H and O–H groups in total. The van der Waals surface area contributed by atoms with Gasteiger partial charge in [-0.05, 0) is 38.3 Å². The number of aliphatic hydroxyl groups is 1. The number of ether oxygens (including phenoxy) is 1. The average molecular weight is 465 g/mol. The van der Waals surface area contributed by atoms with Gasteiger partial charge in [0.15, 0.2) is 5.96 Å². The fraction of sp³-hybridized carbons (Fsp3) is 0.722. The maximum atomic E-state index is 9.34. The molecule has 0 saturated carbocycles. The highest BCUT2D eigenvalue weighted by Gasteiger charge is 2.34. The van der Waals surface area contributed by atoms with Crippen LogP contribution in [0.25, 0.3) is 0 Å². The molecule has 1 aromatic heterocycles. The maximum Gasteiger partial charge on any atom is 0.191 e. The first-order valence-electron chi connectivity index (χ1n) is 8.93. The average Bonchev–Trinajstić information content (AvgIpc) is 3.25. The molecule has 0 aliphatic carbocycles. The highest BCUT2D eigenvalue weighted by atomic mass is 127. The van der Waals surface area contributed by atoms with Gasteiger partial charge in [-0.25, -0.2) is 0 Å². The number of furan rings is 1. The van der Waals surface area contributed by atoms with E-state index in [-0.39, 0.29) is 36.0 Å². The van der Waals surface area contributed by atoms with Crippen LogP contribution in [0.1, 0.15) is 38.9 Å². The molecule has 2 rings (SSSR count). The van der Waals surface area contributed by atoms with Gasteiger partial charge in [0.2, 0.25) is 0 Å². The van der Waals surface area contributed by atoms with Crippen LogP contribution in [0, 0.1) is 5.41 Å². The fourth-order valence-corrected chi connectivity index (χ4v) is 2.78. The molecule has 144 valence electrons. The van der Waals surface area contributed by atoms with Crippen LogP contribution in [0.4, 0.5) is 0 Å². The van der Waals surface area contributed by atoms with Gasteiger partial charge >= 0.3 is 0 Å². The summed E-state index contributed by atoms with van der Waals surface area (Å²) in [4.78, 5) is 4.78. The molecule has 0 bridgehead atoms. The summed E-state index contributed by atoms with van der Waals surface area (Å²) >= 11 is 0. The van der Waals surface area contributed by atoms with E-state index in [4.69, 9.17) is 14.1 Å². The largest absolute Gasteiger partial charge is 0.469 e. The first-order valence-corrected chi connectivity index (χ1v) is 8.93. The molecule has 1 fully saturated rings. The van der Waals surface area contributed by atoms with Crippen molar-refractivity contribution < 1.29 is 14.3 Å². The Bertz CT molecular complexity index is 488. The zero-order valence-electron chi connectivity index (χ0n) is 15.3. The molecule has 2 atom stereocenters. The normalized spacial score (nSPS) is 21.6. The van der Waals surface area contributed by atoms with Crippen LogP contribution >= 0.6 is 24.0 Å². The Hall–Kier alpha value is -0.800. The lowest BCUT2D eigenvalue weighted by Crippen LogP contribution is -2.43. The van der Waals surface area contributed by atoms with Crippen LogP contribution in [0.5, 0.6) is 0 Å². The molecule has 2 heterocycles. The van der Waals surface area contributed by atoms with Crippen molar-refractivity contribution in [1.82, 2.24) is 10.6 Å². The number of guanidine groups is 1. The first kappa shape index (κ1) is 22.2. The van der Waals surface area contributed by atoms with Gasteiger partial charge < -0.3 is 24.9 Å². The molecule has 2 unspecified atom stereocenters. The van der Waals surface area contributed by atoms with Gasteiger partial charge in [-0.2, -0.15) is 0 Å². The summed E-state index contributed by atoms with van der Waals surface area (Å²) in [5, 5.41) is 16.2. The predicted octanol–water partition coefficient (Wildman–Crippen LogP) is 2.56. The van der Waals surface area contributed by atoms with Gasteiger partial charge in [0.05, 0.1) is 19.4 Å². The standard InChI is InChI=1S/C18H31N3O3.HI/c1-3-15(2)21-17(19-9-6-16-5-4-11-24-16)20-13-18(7-10-22)8-12-23-14-18;/h4-5,11,15,22H,3,6-10,12-14H2,1-2H3,(H2,19,20,21);1H. The van der Waals surface area contributed by atoms with E-state index in [2.05, 4.69) is 24.5 Å². The summed E-state index contributed by atoms with van der Waals surface area (Å²) < 4.78 is 10.9. The molecule has 25 heavy (non-hydrogen) atoms. The van der Waals surface area contributed by atoms with Crippen molar-refractivity contribution in [1.29, 1.82) is 0 Å². The van der Waals surface area contributed by atoms with Gasteiger partial charge in [-0.15, -0.1) is 24.0 Å². The number of halogens is 1. The molecule has 1 aromatic rings. The van der Waals surface area contributed by atoms with E-state index in [0.29, 0.717) is 19.2 Å². The van der Waals surface area contributed by atoms with Crippen molar-refractivity contribution >= 4 is 29.9 Å². The Balaban J connectivity index is 0.00000312. The molecular weight excluding hydrogens is 433 g/mol. The van der Waals surface area contributed by atoms with Crippen molar-refractivity contribution in [3.8, 4) is 0 Å². The van der Waals surface area contributed by atoms with Crippen molar-refractivity contribution in [2.45, 2.75) is 45.6 Å². The van der Waals surface area contributed by atoms with E-state index >= 15 is 0 Å². The molecule has 1 aliphatic heterocycles. The minimum absolute atomic E-state index is 0. The lowest BCUT2D eigenvalue weighted by Gasteiger charge is -2.25. The molecule has 0 aromatic carbocycles. The Morgan fingerprint density at radius 3 is 2.92 bits per heavy atom. The zero-order valence-corrected chi connectivity index (χ0v) is 17.6. The fourth-order valence-electron chi connectivity index (χ4n) is 2.78. The van der Waals surface area contributed by atoms with E-state index in [1.54, 1.807) is 6.26 Å².